The fourth-order valence-electron chi connectivity index (χ4n) is 3.43. The van der Waals surface area contributed by atoms with E-state index in [2.05, 4.69) is 15.3 Å². The van der Waals surface area contributed by atoms with Crippen LogP contribution < -0.4 is 0 Å². The molecule has 0 aliphatic carbocycles. The van der Waals surface area contributed by atoms with Gasteiger partial charge in [0.2, 0.25) is 5.91 Å². The highest BCUT2D eigenvalue weighted by Crippen LogP contribution is 2.24. The number of hydrogen-bond donors (Lipinski definition) is 0. The third-order valence-corrected chi connectivity index (χ3v) is 4.60. The molecule has 0 radical (unpaired) electrons. The molecule has 1 saturated heterocycles. The number of amides is 2. The van der Waals surface area contributed by atoms with Gasteiger partial charge in [-0.2, -0.15) is 15.3 Å². The van der Waals surface area contributed by atoms with Gasteiger partial charge in [-0.15, -0.1) is 0 Å². The van der Waals surface area contributed by atoms with Gasteiger partial charge in [0.15, 0.2) is 0 Å². The summed E-state index contributed by atoms with van der Waals surface area (Å²) < 4.78 is 1.94. The van der Waals surface area contributed by atoms with Crippen LogP contribution in [0.4, 0.5) is 0 Å². The first kappa shape index (κ1) is 14.8. The molecule has 2 aliphatic heterocycles. The van der Waals surface area contributed by atoms with Crippen LogP contribution in [0.3, 0.4) is 0 Å². The number of likely N-dealkylation sites (tertiary alicyclic amines) is 1. The standard InChI is InChI=1S/C16H18N6O2/c23-15-2-1-7-20(15)10-14-11-21(9-13-4-6-19-22(13)14)16(24)12-3-5-17-18-8-12/h3-6,8,14H,1-2,7,9-11H2/t14-/m1/s1. The van der Waals surface area contributed by atoms with E-state index in [1.165, 1.54) is 12.4 Å². The summed E-state index contributed by atoms with van der Waals surface area (Å²) in [7, 11) is 0. The minimum absolute atomic E-state index is 0.0236. The second-order valence-corrected chi connectivity index (χ2v) is 6.18. The number of rotatable bonds is 3. The first-order valence-corrected chi connectivity index (χ1v) is 8.08. The van der Waals surface area contributed by atoms with Gasteiger partial charge in [-0.3, -0.25) is 14.3 Å². The number of carbonyl (C=O) groups is 2. The van der Waals surface area contributed by atoms with E-state index < -0.39 is 0 Å². The Morgan fingerprint density at radius 2 is 2.17 bits per heavy atom. The Kier molecular flexibility index (Phi) is 3.72. The molecule has 24 heavy (non-hydrogen) atoms. The third-order valence-electron chi connectivity index (χ3n) is 4.60. The van der Waals surface area contributed by atoms with E-state index in [0.717, 1.165) is 18.7 Å². The van der Waals surface area contributed by atoms with E-state index in [1.807, 2.05) is 15.6 Å². The number of fused-ring (bicyclic) bond motifs is 1. The van der Waals surface area contributed by atoms with Gasteiger partial charge in [0.05, 0.1) is 36.2 Å². The minimum atomic E-state index is -0.0740. The van der Waals surface area contributed by atoms with E-state index in [0.29, 0.717) is 31.6 Å². The summed E-state index contributed by atoms with van der Waals surface area (Å²) in [5.74, 6) is 0.112. The molecule has 8 heteroatoms. The Bertz CT molecular complexity index is 759. The fraction of sp³-hybridized carbons (Fsp3) is 0.438. The van der Waals surface area contributed by atoms with Crippen LogP contribution in [-0.4, -0.2) is 61.2 Å². The van der Waals surface area contributed by atoms with E-state index in [9.17, 15) is 9.59 Å². The molecular weight excluding hydrogens is 308 g/mol. The zero-order chi connectivity index (χ0) is 16.5. The third kappa shape index (κ3) is 2.64. The van der Waals surface area contributed by atoms with Gasteiger partial charge in [0.25, 0.3) is 5.91 Å². The zero-order valence-corrected chi connectivity index (χ0v) is 13.2. The molecule has 1 atom stereocenters. The molecule has 1 fully saturated rings. The Morgan fingerprint density at radius 1 is 1.25 bits per heavy atom. The lowest BCUT2D eigenvalue weighted by atomic mass is 10.1. The summed E-state index contributed by atoms with van der Waals surface area (Å²) in [4.78, 5) is 28.3. The number of hydrogen-bond acceptors (Lipinski definition) is 5. The zero-order valence-electron chi connectivity index (χ0n) is 13.2. The van der Waals surface area contributed by atoms with Gasteiger partial charge in [-0.25, -0.2) is 0 Å². The first-order valence-electron chi connectivity index (χ1n) is 8.08. The summed E-state index contributed by atoms with van der Waals surface area (Å²) in [6.07, 6.45) is 6.26. The van der Waals surface area contributed by atoms with Crippen LogP contribution in [0, 0.1) is 0 Å². The van der Waals surface area contributed by atoms with Crippen LogP contribution in [0.25, 0.3) is 0 Å². The molecule has 0 bridgehead atoms. The smallest absolute Gasteiger partial charge is 0.255 e. The van der Waals surface area contributed by atoms with E-state index >= 15 is 0 Å². The molecule has 0 spiro atoms. The van der Waals surface area contributed by atoms with E-state index in [1.54, 1.807) is 17.2 Å². The maximum Gasteiger partial charge on any atom is 0.255 e. The van der Waals surface area contributed by atoms with Crippen molar-refractivity contribution in [3.63, 3.8) is 0 Å². The molecule has 0 saturated carbocycles. The van der Waals surface area contributed by atoms with E-state index in [-0.39, 0.29) is 17.9 Å². The van der Waals surface area contributed by atoms with Gasteiger partial charge in [-0.05, 0) is 18.6 Å². The number of aromatic nitrogens is 4. The lowest BCUT2D eigenvalue weighted by molar-refractivity contribution is -0.128. The molecule has 0 N–H and O–H groups in total. The highest BCUT2D eigenvalue weighted by atomic mass is 16.2. The maximum atomic E-state index is 12.7. The normalized spacial score (nSPS) is 20.3. The maximum absolute atomic E-state index is 12.7. The topological polar surface area (TPSA) is 84.2 Å². The number of nitrogens with zero attached hydrogens (tertiary/aromatic N) is 6. The van der Waals surface area contributed by atoms with Crippen molar-refractivity contribution >= 4 is 11.8 Å². The van der Waals surface area contributed by atoms with Crippen molar-refractivity contribution in [1.82, 2.24) is 29.8 Å². The van der Waals surface area contributed by atoms with Gasteiger partial charge >= 0.3 is 0 Å². The lowest BCUT2D eigenvalue weighted by Gasteiger charge is -2.35. The molecule has 0 aromatic carbocycles. The summed E-state index contributed by atoms with van der Waals surface area (Å²) in [5, 5.41) is 11.9. The highest BCUT2D eigenvalue weighted by molar-refractivity contribution is 5.93. The molecule has 8 nitrogen and oxygen atoms in total. The van der Waals surface area contributed by atoms with Crippen LogP contribution in [0.5, 0.6) is 0 Å². The van der Waals surface area contributed by atoms with Gasteiger partial charge in [0.1, 0.15) is 0 Å². The van der Waals surface area contributed by atoms with Crippen molar-refractivity contribution in [3.8, 4) is 0 Å². The molecule has 4 heterocycles. The summed E-state index contributed by atoms with van der Waals surface area (Å²) in [5.41, 5.74) is 1.50. The van der Waals surface area contributed by atoms with Crippen molar-refractivity contribution in [2.45, 2.75) is 25.4 Å². The summed E-state index contributed by atoms with van der Waals surface area (Å²) in [6, 6.07) is 3.56. The molecular formula is C16H18N6O2. The predicted octanol–water partition coefficient (Wildman–Crippen LogP) is 0.493. The van der Waals surface area contributed by atoms with Gasteiger partial charge in [-0.1, -0.05) is 0 Å². The van der Waals surface area contributed by atoms with Crippen molar-refractivity contribution in [1.29, 1.82) is 0 Å². The monoisotopic (exact) mass is 326 g/mol. The van der Waals surface area contributed by atoms with Crippen molar-refractivity contribution < 1.29 is 9.59 Å². The average Bonchev–Trinajstić information content (AvgIpc) is 3.24. The first-order chi connectivity index (χ1) is 11.7. The van der Waals surface area contributed by atoms with Crippen molar-refractivity contribution in [2.24, 2.45) is 0 Å². The van der Waals surface area contributed by atoms with Crippen LogP contribution in [-0.2, 0) is 11.3 Å². The molecule has 4 rings (SSSR count). The molecule has 0 unspecified atom stereocenters. The Morgan fingerprint density at radius 3 is 2.92 bits per heavy atom. The fourth-order valence-corrected chi connectivity index (χ4v) is 3.43. The van der Waals surface area contributed by atoms with Crippen LogP contribution >= 0.6 is 0 Å². The Hall–Kier alpha value is -2.77. The highest BCUT2D eigenvalue weighted by Gasteiger charge is 2.32. The van der Waals surface area contributed by atoms with Crippen molar-refractivity contribution in [3.05, 3.63) is 42.0 Å². The Labute approximate surface area is 139 Å². The largest absolute Gasteiger partial charge is 0.340 e. The summed E-state index contributed by atoms with van der Waals surface area (Å²) >= 11 is 0. The second kappa shape index (κ2) is 6.03. The molecule has 2 aromatic heterocycles. The Balaban J connectivity index is 1.56. The van der Waals surface area contributed by atoms with Crippen LogP contribution in [0.2, 0.25) is 0 Å². The quantitative estimate of drug-likeness (QED) is 0.820. The van der Waals surface area contributed by atoms with Crippen molar-refractivity contribution in [2.75, 3.05) is 19.6 Å². The lowest BCUT2D eigenvalue weighted by Crippen LogP contribution is -2.45. The van der Waals surface area contributed by atoms with Gasteiger partial charge < -0.3 is 9.80 Å². The molecule has 2 amide bonds. The molecule has 2 aromatic rings. The minimum Gasteiger partial charge on any atom is -0.340 e. The molecule has 124 valence electrons. The van der Waals surface area contributed by atoms with E-state index in [4.69, 9.17) is 0 Å². The van der Waals surface area contributed by atoms with Gasteiger partial charge in [0, 0.05) is 32.3 Å². The average molecular weight is 326 g/mol. The summed E-state index contributed by atoms with van der Waals surface area (Å²) in [6.45, 7) is 2.41. The number of carbonyl (C=O) groups excluding carboxylic acids is 2. The molecule has 2 aliphatic rings. The SMILES string of the molecule is O=C1CCCN1C[C@@H]1CN(C(=O)c2ccnnc2)Cc2ccnn21. The van der Waals surface area contributed by atoms with Crippen LogP contribution in [0.15, 0.2) is 30.7 Å². The predicted molar refractivity (Wildman–Crippen MR) is 83.9 cm³/mol. The van der Waals surface area contributed by atoms with Crippen LogP contribution in [0.1, 0.15) is 34.9 Å². The second-order valence-electron chi connectivity index (χ2n) is 6.18.